The van der Waals surface area contributed by atoms with E-state index in [9.17, 15) is 0 Å². The molecule has 0 saturated carbocycles. The third-order valence-electron chi connectivity index (χ3n) is 8.57. The van der Waals surface area contributed by atoms with E-state index < -0.39 is 0 Å². The number of hydrogen-bond donors (Lipinski definition) is 0. The lowest BCUT2D eigenvalue weighted by molar-refractivity contribution is 0.953. The monoisotopic (exact) mass is 578 g/mol. The Labute approximate surface area is 262 Å². The lowest BCUT2D eigenvalue weighted by Gasteiger charge is -2.13. The second-order valence-electron chi connectivity index (χ2n) is 11.4. The summed E-state index contributed by atoms with van der Waals surface area (Å²) in [4.78, 5) is 15.1. The van der Waals surface area contributed by atoms with Crippen LogP contribution in [-0.2, 0) is 0 Å². The van der Waals surface area contributed by atoms with Gasteiger partial charge in [-0.05, 0) is 65.4 Å². The Hall–Kier alpha value is -5.87. The average molecular weight is 579 g/mol. The molecule has 4 nitrogen and oxygen atoms in total. The summed E-state index contributed by atoms with van der Waals surface area (Å²) < 4.78 is 2.19. The number of aromatic nitrogens is 4. The molecular weight excluding hydrogens is 548 g/mol. The third-order valence-corrected chi connectivity index (χ3v) is 8.57. The Balaban J connectivity index is 1.40. The number of hydrogen-bond acceptors (Lipinski definition) is 3. The van der Waals surface area contributed by atoms with E-state index in [1.165, 1.54) is 38.8 Å². The molecule has 214 valence electrons. The molecule has 0 unspecified atom stereocenters. The minimum Gasteiger partial charge on any atom is -0.278 e. The van der Waals surface area contributed by atoms with Crippen molar-refractivity contribution in [1.29, 1.82) is 0 Å². The fourth-order valence-electron chi connectivity index (χ4n) is 6.33. The summed E-state index contributed by atoms with van der Waals surface area (Å²) in [6, 6.07) is 50.7. The summed E-state index contributed by atoms with van der Waals surface area (Å²) in [6.45, 7) is 4.37. The highest BCUT2D eigenvalue weighted by Crippen LogP contribution is 2.40. The topological polar surface area (TPSA) is 43.6 Å². The van der Waals surface area contributed by atoms with Crippen molar-refractivity contribution >= 4 is 21.8 Å². The summed E-state index contributed by atoms with van der Waals surface area (Å²) in [7, 11) is 0. The maximum Gasteiger partial charge on any atom is 0.238 e. The van der Waals surface area contributed by atoms with Gasteiger partial charge in [-0.3, -0.25) is 4.57 Å². The summed E-state index contributed by atoms with van der Waals surface area (Å²) >= 11 is 0. The zero-order valence-electron chi connectivity index (χ0n) is 25.1. The van der Waals surface area contributed by atoms with Crippen LogP contribution in [0.4, 0.5) is 0 Å². The maximum atomic E-state index is 5.09. The molecule has 0 aliphatic rings. The predicted octanol–water partition coefficient (Wildman–Crippen LogP) is 10.3. The minimum absolute atomic E-state index is 0.593. The van der Waals surface area contributed by atoms with Crippen LogP contribution in [0.2, 0.25) is 0 Å². The average Bonchev–Trinajstić information content (AvgIpc) is 3.44. The molecule has 8 rings (SSSR count). The van der Waals surface area contributed by atoms with E-state index in [0.29, 0.717) is 17.6 Å². The van der Waals surface area contributed by atoms with Gasteiger partial charge in [-0.2, -0.15) is 9.97 Å². The second kappa shape index (κ2) is 11.0. The second-order valence-corrected chi connectivity index (χ2v) is 11.4. The number of para-hydroxylation sites is 1. The van der Waals surface area contributed by atoms with Crippen molar-refractivity contribution in [3.8, 4) is 51.0 Å². The van der Waals surface area contributed by atoms with Crippen LogP contribution in [0, 0.1) is 13.8 Å². The normalized spacial score (nSPS) is 11.3. The van der Waals surface area contributed by atoms with Crippen LogP contribution >= 0.6 is 0 Å². The molecule has 0 radical (unpaired) electrons. The molecule has 0 atom stereocenters. The molecule has 2 heterocycles. The van der Waals surface area contributed by atoms with Crippen LogP contribution < -0.4 is 0 Å². The van der Waals surface area contributed by atoms with Crippen LogP contribution in [0.3, 0.4) is 0 Å². The number of aryl methyl sites for hydroxylation is 2. The van der Waals surface area contributed by atoms with E-state index in [4.69, 9.17) is 15.0 Å². The summed E-state index contributed by atoms with van der Waals surface area (Å²) in [5.74, 6) is 1.88. The number of rotatable bonds is 5. The number of nitrogens with zero attached hydrogens (tertiary/aromatic N) is 4. The van der Waals surface area contributed by atoms with Crippen molar-refractivity contribution in [2.24, 2.45) is 0 Å². The number of benzene rings is 6. The van der Waals surface area contributed by atoms with Crippen molar-refractivity contribution in [2.75, 3.05) is 0 Å². The minimum atomic E-state index is 0.593. The maximum absolute atomic E-state index is 5.09. The van der Waals surface area contributed by atoms with E-state index in [0.717, 1.165) is 27.5 Å². The third kappa shape index (κ3) is 4.68. The highest BCUT2D eigenvalue weighted by molar-refractivity contribution is 6.15. The van der Waals surface area contributed by atoms with Gasteiger partial charge in [0.05, 0.1) is 11.0 Å². The quantitative estimate of drug-likeness (QED) is 0.204. The molecule has 0 N–H and O–H groups in total. The molecule has 0 aliphatic heterocycles. The highest BCUT2D eigenvalue weighted by Gasteiger charge is 2.20. The van der Waals surface area contributed by atoms with Gasteiger partial charge < -0.3 is 0 Å². The van der Waals surface area contributed by atoms with Crippen LogP contribution in [0.15, 0.2) is 146 Å². The highest BCUT2D eigenvalue weighted by atomic mass is 15.2. The van der Waals surface area contributed by atoms with Crippen LogP contribution in [0.25, 0.3) is 72.8 Å². The van der Waals surface area contributed by atoms with Gasteiger partial charge in [0.1, 0.15) is 0 Å². The molecule has 8 aromatic rings. The molecule has 4 heteroatoms. The summed E-state index contributed by atoms with van der Waals surface area (Å²) in [5, 5.41) is 2.33. The van der Waals surface area contributed by atoms with Gasteiger partial charge in [0.15, 0.2) is 11.6 Å². The SMILES string of the molecule is Cc1ccccc1-c1cc(-c2cccc3c2c2ccccc2n3-c2nc(-c3ccccc3)nc(-c3ccccc3)n2)ccc1C. The van der Waals surface area contributed by atoms with Gasteiger partial charge in [0.25, 0.3) is 0 Å². The molecule has 45 heavy (non-hydrogen) atoms. The Morgan fingerprint density at radius 1 is 0.422 bits per heavy atom. The smallest absolute Gasteiger partial charge is 0.238 e. The largest absolute Gasteiger partial charge is 0.278 e. The first-order valence-electron chi connectivity index (χ1n) is 15.2. The van der Waals surface area contributed by atoms with Gasteiger partial charge in [-0.15, -0.1) is 0 Å². The van der Waals surface area contributed by atoms with Crippen molar-refractivity contribution in [2.45, 2.75) is 13.8 Å². The molecule has 0 spiro atoms. The standard InChI is InChI=1S/C41H30N4/c1-27-14-9-10-19-32(27)35-26-31(25-24-28(35)2)33-21-13-23-37-38(33)34-20-11-12-22-36(34)45(37)41-43-39(29-15-5-3-6-16-29)42-40(44-41)30-17-7-4-8-18-30/h3-26H,1-2H3. The Kier molecular flexibility index (Phi) is 6.54. The summed E-state index contributed by atoms with van der Waals surface area (Å²) in [6.07, 6.45) is 0. The fraction of sp³-hybridized carbons (Fsp3) is 0.0488. The van der Waals surface area contributed by atoms with Gasteiger partial charge in [-0.25, -0.2) is 4.98 Å². The van der Waals surface area contributed by atoms with Gasteiger partial charge in [0.2, 0.25) is 5.95 Å². The molecule has 6 aromatic carbocycles. The zero-order chi connectivity index (χ0) is 30.3. The fourth-order valence-corrected chi connectivity index (χ4v) is 6.33. The Morgan fingerprint density at radius 2 is 1.00 bits per heavy atom. The Morgan fingerprint density at radius 3 is 1.71 bits per heavy atom. The van der Waals surface area contributed by atoms with Crippen molar-refractivity contribution in [1.82, 2.24) is 19.5 Å². The first kappa shape index (κ1) is 26.7. The molecule has 0 bridgehead atoms. The molecule has 2 aromatic heterocycles. The van der Waals surface area contributed by atoms with Crippen molar-refractivity contribution in [3.05, 3.63) is 157 Å². The van der Waals surface area contributed by atoms with Crippen LogP contribution in [0.5, 0.6) is 0 Å². The van der Waals surface area contributed by atoms with Gasteiger partial charge >= 0.3 is 0 Å². The van der Waals surface area contributed by atoms with Gasteiger partial charge in [0, 0.05) is 21.9 Å². The van der Waals surface area contributed by atoms with Gasteiger partial charge in [-0.1, -0.05) is 127 Å². The molecule has 0 aliphatic carbocycles. The van der Waals surface area contributed by atoms with E-state index in [2.05, 4.69) is 103 Å². The van der Waals surface area contributed by atoms with Crippen molar-refractivity contribution < 1.29 is 0 Å². The molecule has 0 fully saturated rings. The van der Waals surface area contributed by atoms with E-state index in [1.54, 1.807) is 0 Å². The van der Waals surface area contributed by atoms with E-state index >= 15 is 0 Å². The zero-order valence-corrected chi connectivity index (χ0v) is 25.1. The Bertz CT molecular complexity index is 2280. The first-order valence-corrected chi connectivity index (χ1v) is 15.2. The van der Waals surface area contributed by atoms with Crippen molar-refractivity contribution in [3.63, 3.8) is 0 Å². The van der Waals surface area contributed by atoms with Crippen LogP contribution in [-0.4, -0.2) is 19.5 Å². The number of fused-ring (bicyclic) bond motifs is 3. The lowest BCUT2D eigenvalue weighted by Crippen LogP contribution is -2.06. The molecule has 0 saturated heterocycles. The lowest BCUT2D eigenvalue weighted by atomic mass is 9.91. The van der Waals surface area contributed by atoms with E-state index in [1.807, 2.05) is 60.7 Å². The molecule has 0 amide bonds. The van der Waals surface area contributed by atoms with E-state index in [-0.39, 0.29) is 0 Å². The van der Waals surface area contributed by atoms with Crippen LogP contribution in [0.1, 0.15) is 11.1 Å². The predicted molar refractivity (Wildman–Crippen MR) is 185 cm³/mol. The first-order chi connectivity index (χ1) is 22.2. The summed E-state index contributed by atoms with van der Waals surface area (Å²) in [5.41, 5.74) is 11.4. The molecular formula is C41H30N4.